The largest absolute Gasteiger partial charge is 0.221 e. The summed E-state index contributed by atoms with van der Waals surface area (Å²) < 4.78 is 51.2. The lowest BCUT2D eigenvalue weighted by atomic mass is 10.3. The minimum absolute atomic E-state index is 0.199. The van der Waals surface area contributed by atoms with Gasteiger partial charge in [0.1, 0.15) is 16.1 Å². The molecule has 4 heteroatoms. The van der Waals surface area contributed by atoms with Crippen LogP contribution in [0.2, 0.25) is 10.3 Å². The predicted octanol–water partition coefficient (Wildman–Crippen LogP) is 2.74. The maximum Gasteiger partial charge on any atom is 0.134 e. The van der Waals surface area contributed by atoms with Crippen LogP contribution in [-0.4, -0.2) is 9.97 Å². The molecule has 1 rings (SSSR count). The molecule has 0 atom stereocenters. The van der Waals surface area contributed by atoms with Crippen molar-refractivity contribution in [3.8, 4) is 0 Å². The fourth-order valence-electron chi connectivity index (χ4n) is 0.502. The first-order valence-corrected chi connectivity index (χ1v) is 3.36. The van der Waals surface area contributed by atoms with Gasteiger partial charge in [-0.3, -0.25) is 0 Å². The monoisotopic (exact) mass is 197 g/mol. The molecule has 0 aliphatic heterocycles. The van der Waals surface area contributed by atoms with Crippen molar-refractivity contribution in [2.75, 3.05) is 0 Å². The van der Waals surface area contributed by atoms with Crippen LogP contribution >= 0.6 is 23.2 Å². The molecular formula is C7H8Cl2N2. The maximum absolute atomic E-state index is 7.61. The highest BCUT2D eigenvalue weighted by Gasteiger charge is 1.99. The van der Waals surface area contributed by atoms with Crippen LogP contribution in [0.4, 0.5) is 0 Å². The normalized spacial score (nSPS) is 23.3. The Morgan fingerprint density at radius 1 is 1.55 bits per heavy atom. The van der Waals surface area contributed by atoms with Gasteiger partial charge in [0.2, 0.25) is 0 Å². The molecule has 0 saturated heterocycles. The first-order valence-electron chi connectivity index (χ1n) is 6.10. The topological polar surface area (TPSA) is 25.8 Å². The van der Waals surface area contributed by atoms with E-state index >= 15 is 0 Å². The Hall–Kier alpha value is -0.340. The van der Waals surface area contributed by atoms with Gasteiger partial charge in [-0.1, -0.05) is 30.1 Å². The van der Waals surface area contributed by atoms with Crippen LogP contribution in [0.5, 0.6) is 0 Å². The Morgan fingerprint density at radius 3 is 2.73 bits per heavy atom. The molecule has 0 unspecified atom stereocenters. The van der Waals surface area contributed by atoms with E-state index < -0.39 is 25.4 Å². The lowest BCUT2D eigenvalue weighted by Gasteiger charge is -1.97. The van der Waals surface area contributed by atoms with E-state index in [1.54, 1.807) is 0 Å². The van der Waals surface area contributed by atoms with Crippen LogP contribution < -0.4 is 0 Å². The van der Waals surface area contributed by atoms with Crippen LogP contribution in [0, 0.1) is 0 Å². The van der Waals surface area contributed by atoms with E-state index in [0.717, 1.165) is 6.07 Å². The number of nitrogens with zero attached hydrogens (tertiary/aromatic N) is 2. The third kappa shape index (κ3) is 2.64. The Labute approximate surface area is 85.4 Å². The van der Waals surface area contributed by atoms with Gasteiger partial charge in [-0.05, 0) is 6.37 Å². The van der Waals surface area contributed by atoms with Gasteiger partial charge in [-0.25, -0.2) is 9.97 Å². The molecule has 1 aromatic rings. The van der Waals surface area contributed by atoms with Gasteiger partial charge in [-0.15, -0.1) is 0 Å². The molecule has 0 aromatic carbocycles. The van der Waals surface area contributed by atoms with Gasteiger partial charge >= 0.3 is 0 Å². The van der Waals surface area contributed by atoms with Crippen molar-refractivity contribution in [1.82, 2.24) is 9.97 Å². The van der Waals surface area contributed by atoms with Crippen LogP contribution in [0.1, 0.15) is 28.6 Å². The van der Waals surface area contributed by atoms with Crippen molar-refractivity contribution in [1.29, 1.82) is 0 Å². The number of rotatable bonds is 2. The van der Waals surface area contributed by atoms with Crippen molar-refractivity contribution < 1.29 is 9.60 Å². The molecule has 11 heavy (non-hydrogen) atoms. The number of aromatic nitrogens is 2. The molecule has 1 heterocycles. The number of hydrogen-bond donors (Lipinski definition) is 0. The smallest absolute Gasteiger partial charge is 0.134 e. The summed E-state index contributed by atoms with van der Waals surface area (Å²) >= 11 is 11.1. The van der Waals surface area contributed by atoms with E-state index in [1.807, 2.05) is 0 Å². The second kappa shape index (κ2) is 3.88. The van der Waals surface area contributed by atoms with Crippen LogP contribution in [0.25, 0.3) is 0 Å². The molecule has 0 aliphatic rings. The van der Waals surface area contributed by atoms with Crippen molar-refractivity contribution in [2.24, 2.45) is 0 Å². The lowest BCUT2D eigenvalue weighted by molar-refractivity contribution is 0.835. The quantitative estimate of drug-likeness (QED) is 0.682. The van der Waals surface area contributed by atoms with E-state index in [-0.39, 0.29) is 10.3 Å². The first kappa shape index (κ1) is 3.19. The zero-order valence-corrected chi connectivity index (χ0v) is 6.74. The van der Waals surface area contributed by atoms with Crippen molar-refractivity contribution in [3.05, 3.63) is 22.2 Å². The van der Waals surface area contributed by atoms with Gasteiger partial charge in [-0.2, -0.15) is 0 Å². The Kier molecular flexibility index (Phi) is 1.13. The summed E-state index contributed by atoms with van der Waals surface area (Å²) in [4.78, 5) is 6.98. The van der Waals surface area contributed by atoms with E-state index in [4.69, 9.17) is 32.8 Å². The SMILES string of the molecule is [2H]C([2H])([2H])C([2H])([2H])C([2H])([2H])c1nc(Cl)cc(Cl)n1. The van der Waals surface area contributed by atoms with Crippen LogP contribution in [0.15, 0.2) is 6.07 Å². The molecule has 2 nitrogen and oxygen atoms in total. The Balaban J connectivity index is 3.37. The minimum atomic E-state index is -3.19. The fraction of sp³-hybridized carbons (Fsp3) is 0.429. The molecule has 0 bridgehead atoms. The fourth-order valence-corrected chi connectivity index (χ4v) is 0.925. The van der Waals surface area contributed by atoms with E-state index in [2.05, 4.69) is 9.97 Å². The van der Waals surface area contributed by atoms with Gasteiger partial charge in [0.15, 0.2) is 0 Å². The molecule has 60 valence electrons. The molecule has 0 radical (unpaired) electrons. The summed E-state index contributed by atoms with van der Waals surface area (Å²) in [5, 5.41) is -0.398. The average molecular weight is 198 g/mol. The van der Waals surface area contributed by atoms with Crippen molar-refractivity contribution >= 4 is 23.2 Å². The van der Waals surface area contributed by atoms with E-state index in [0.29, 0.717) is 0 Å². The first-order chi connectivity index (χ1) is 7.89. The molecule has 0 N–H and O–H groups in total. The molecule has 0 aliphatic carbocycles. The summed E-state index contributed by atoms with van der Waals surface area (Å²) in [7, 11) is 0. The molecule has 0 saturated carbocycles. The molecule has 1 aromatic heterocycles. The third-order valence-corrected chi connectivity index (χ3v) is 1.23. The summed E-state index contributed by atoms with van der Waals surface area (Å²) in [5.74, 6) is -0.707. The summed E-state index contributed by atoms with van der Waals surface area (Å²) in [5.41, 5.74) is 0. The number of aryl methyl sites for hydroxylation is 1. The average Bonchev–Trinajstić information content (AvgIpc) is 2.13. The molecule has 0 amide bonds. The highest BCUT2D eigenvalue weighted by atomic mass is 35.5. The van der Waals surface area contributed by atoms with Crippen molar-refractivity contribution in [3.63, 3.8) is 0 Å². The second-order valence-corrected chi connectivity index (χ2v) is 2.36. The number of halogens is 2. The Bertz CT molecular complexity index is 439. The second-order valence-electron chi connectivity index (χ2n) is 1.59. The standard InChI is InChI=1S/C7H8Cl2N2/c1-2-3-7-10-5(8)4-6(9)11-7/h4H,2-3H2,1H3/i1D3,2D2,3D2. The van der Waals surface area contributed by atoms with Crippen LogP contribution in [-0.2, 0) is 6.37 Å². The minimum Gasteiger partial charge on any atom is -0.221 e. The van der Waals surface area contributed by atoms with Gasteiger partial charge in [0.05, 0.1) is 0 Å². The number of hydrogen-bond acceptors (Lipinski definition) is 2. The molecular weight excluding hydrogens is 183 g/mol. The summed E-state index contributed by atoms with van der Waals surface area (Å²) in [6.45, 7) is -3.19. The van der Waals surface area contributed by atoms with Crippen LogP contribution in [0.3, 0.4) is 0 Å². The summed E-state index contributed by atoms with van der Waals surface area (Å²) in [6.07, 6.45) is -6.15. The van der Waals surface area contributed by atoms with Crippen molar-refractivity contribution in [2.45, 2.75) is 19.6 Å². The lowest BCUT2D eigenvalue weighted by Crippen LogP contribution is -1.94. The van der Waals surface area contributed by atoms with E-state index in [9.17, 15) is 0 Å². The van der Waals surface area contributed by atoms with Gasteiger partial charge in [0, 0.05) is 22.0 Å². The highest BCUT2D eigenvalue weighted by molar-refractivity contribution is 6.33. The van der Waals surface area contributed by atoms with Gasteiger partial charge in [0.25, 0.3) is 0 Å². The molecule has 0 spiro atoms. The predicted molar refractivity (Wildman–Crippen MR) is 46.0 cm³/mol. The summed E-state index contributed by atoms with van der Waals surface area (Å²) in [6, 6.07) is 1.13. The van der Waals surface area contributed by atoms with Gasteiger partial charge < -0.3 is 0 Å². The van der Waals surface area contributed by atoms with E-state index in [1.165, 1.54) is 0 Å². The zero-order chi connectivity index (χ0) is 14.4. The highest BCUT2D eigenvalue weighted by Crippen LogP contribution is 2.12. The third-order valence-electron chi connectivity index (χ3n) is 0.838. The maximum atomic E-state index is 7.61. The molecule has 0 fully saturated rings. The Morgan fingerprint density at radius 2 is 2.18 bits per heavy atom. The zero-order valence-electron chi connectivity index (χ0n) is 12.2.